The van der Waals surface area contributed by atoms with E-state index in [1.165, 1.54) is 0 Å². The molecule has 21 heavy (non-hydrogen) atoms. The predicted octanol–water partition coefficient (Wildman–Crippen LogP) is 2.83. The second kappa shape index (κ2) is 5.46. The lowest BCUT2D eigenvalue weighted by Gasteiger charge is -2.04. The van der Waals surface area contributed by atoms with E-state index in [1.54, 1.807) is 6.20 Å². The van der Waals surface area contributed by atoms with Gasteiger partial charge < -0.3 is 9.63 Å². The summed E-state index contributed by atoms with van der Waals surface area (Å²) in [5.41, 5.74) is 3.41. The summed E-state index contributed by atoms with van der Waals surface area (Å²) < 4.78 is 5.17. The third-order valence-corrected chi connectivity index (χ3v) is 3.22. The van der Waals surface area contributed by atoms with Crippen LogP contribution < -0.4 is 0 Å². The molecule has 0 saturated carbocycles. The quantitative estimate of drug-likeness (QED) is 0.799. The number of hydrogen-bond donors (Lipinski definition) is 1. The van der Waals surface area contributed by atoms with Gasteiger partial charge in [-0.25, -0.2) is 0 Å². The Hall–Kier alpha value is -2.53. The zero-order chi connectivity index (χ0) is 14.8. The highest BCUT2D eigenvalue weighted by molar-refractivity contribution is 5.54. The van der Waals surface area contributed by atoms with Gasteiger partial charge in [-0.15, -0.1) is 0 Å². The molecule has 0 amide bonds. The van der Waals surface area contributed by atoms with Crippen LogP contribution >= 0.6 is 0 Å². The maximum atomic E-state index is 10.2. The standard InChI is InChI=1S/C16H15N3O2/c1-10-8-11(2)13(17-9-10)15-18-16(21-19-15)14(20)12-6-4-3-5-7-12/h3-9,14,20H,1-2H3. The minimum absolute atomic E-state index is 0.165. The molecule has 0 saturated heterocycles. The normalized spacial score (nSPS) is 12.3. The molecule has 106 valence electrons. The first-order valence-corrected chi connectivity index (χ1v) is 6.65. The molecule has 3 aromatic rings. The molecule has 0 aliphatic heterocycles. The number of hydrogen-bond acceptors (Lipinski definition) is 5. The van der Waals surface area contributed by atoms with E-state index >= 15 is 0 Å². The van der Waals surface area contributed by atoms with Crippen LogP contribution in [-0.2, 0) is 0 Å². The van der Waals surface area contributed by atoms with Crippen LogP contribution in [0.2, 0.25) is 0 Å². The third kappa shape index (κ3) is 2.68. The molecule has 0 aliphatic carbocycles. The summed E-state index contributed by atoms with van der Waals surface area (Å²) in [6.07, 6.45) is 0.824. The molecular weight excluding hydrogens is 266 g/mol. The Balaban J connectivity index is 1.93. The first-order chi connectivity index (χ1) is 10.1. The molecule has 2 heterocycles. The maximum Gasteiger partial charge on any atom is 0.260 e. The maximum absolute atomic E-state index is 10.2. The van der Waals surface area contributed by atoms with Gasteiger partial charge in [0.1, 0.15) is 5.69 Å². The summed E-state index contributed by atoms with van der Waals surface area (Å²) in [4.78, 5) is 8.58. The molecule has 3 rings (SSSR count). The number of benzene rings is 1. The first-order valence-electron chi connectivity index (χ1n) is 6.65. The van der Waals surface area contributed by atoms with Gasteiger partial charge in [0.25, 0.3) is 5.89 Å². The van der Waals surface area contributed by atoms with Crippen LogP contribution in [0, 0.1) is 13.8 Å². The fourth-order valence-electron chi connectivity index (χ4n) is 2.17. The van der Waals surface area contributed by atoms with E-state index in [4.69, 9.17) is 4.52 Å². The number of aryl methyl sites for hydroxylation is 2. The highest BCUT2D eigenvalue weighted by Crippen LogP contribution is 2.24. The first kappa shape index (κ1) is 13.5. The van der Waals surface area contributed by atoms with Gasteiger partial charge in [0.15, 0.2) is 6.10 Å². The summed E-state index contributed by atoms with van der Waals surface area (Å²) in [6, 6.07) is 11.2. The molecule has 1 unspecified atom stereocenters. The van der Waals surface area contributed by atoms with Gasteiger partial charge in [-0.05, 0) is 30.5 Å². The average molecular weight is 281 g/mol. The molecule has 1 aromatic carbocycles. The van der Waals surface area contributed by atoms with Gasteiger partial charge in [0, 0.05) is 6.20 Å². The van der Waals surface area contributed by atoms with Crippen molar-refractivity contribution in [1.29, 1.82) is 0 Å². The monoisotopic (exact) mass is 281 g/mol. The predicted molar refractivity (Wildman–Crippen MR) is 77.5 cm³/mol. The van der Waals surface area contributed by atoms with Crippen molar-refractivity contribution in [3.8, 4) is 11.5 Å². The van der Waals surface area contributed by atoms with Crippen molar-refractivity contribution in [2.45, 2.75) is 20.0 Å². The van der Waals surface area contributed by atoms with Crippen molar-refractivity contribution >= 4 is 0 Å². The molecule has 5 heteroatoms. The molecule has 0 spiro atoms. The molecule has 1 atom stereocenters. The smallest absolute Gasteiger partial charge is 0.260 e. The molecule has 2 aromatic heterocycles. The van der Waals surface area contributed by atoms with Gasteiger partial charge in [0.2, 0.25) is 5.82 Å². The number of aromatic nitrogens is 3. The summed E-state index contributed by atoms with van der Waals surface area (Å²) in [6.45, 7) is 3.92. The lowest BCUT2D eigenvalue weighted by molar-refractivity contribution is 0.170. The molecule has 5 nitrogen and oxygen atoms in total. The molecule has 0 bridgehead atoms. The summed E-state index contributed by atoms with van der Waals surface area (Å²) >= 11 is 0. The zero-order valence-corrected chi connectivity index (χ0v) is 11.8. The van der Waals surface area contributed by atoms with Gasteiger partial charge >= 0.3 is 0 Å². The summed E-state index contributed by atoms with van der Waals surface area (Å²) in [5.74, 6) is 0.551. The van der Waals surface area contributed by atoms with Gasteiger partial charge in [-0.3, -0.25) is 4.98 Å². The van der Waals surface area contributed by atoms with E-state index in [-0.39, 0.29) is 5.89 Å². The summed E-state index contributed by atoms with van der Waals surface area (Å²) in [5, 5.41) is 14.2. The van der Waals surface area contributed by atoms with E-state index in [0.29, 0.717) is 17.1 Å². The Morgan fingerprint density at radius 3 is 2.62 bits per heavy atom. The number of aliphatic hydroxyl groups excluding tert-OH is 1. The van der Waals surface area contributed by atoms with Crippen molar-refractivity contribution in [2.24, 2.45) is 0 Å². The topological polar surface area (TPSA) is 72.0 Å². The molecule has 0 fully saturated rings. The van der Waals surface area contributed by atoms with Crippen LogP contribution in [0.4, 0.5) is 0 Å². The Morgan fingerprint density at radius 1 is 1.14 bits per heavy atom. The molecular formula is C16H15N3O2. The Morgan fingerprint density at radius 2 is 1.90 bits per heavy atom. The number of nitrogens with zero attached hydrogens (tertiary/aromatic N) is 3. The average Bonchev–Trinajstić information content (AvgIpc) is 2.97. The number of aliphatic hydroxyl groups is 1. The second-order valence-corrected chi connectivity index (χ2v) is 4.95. The Kier molecular flexibility index (Phi) is 3.50. The van der Waals surface area contributed by atoms with Gasteiger partial charge in [-0.2, -0.15) is 4.98 Å². The van der Waals surface area contributed by atoms with Crippen LogP contribution in [-0.4, -0.2) is 20.2 Å². The van der Waals surface area contributed by atoms with Crippen molar-refractivity contribution < 1.29 is 9.63 Å². The fraction of sp³-hybridized carbons (Fsp3) is 0.188. The van der Waals surface area contributed by atoms with Crippen molar-refractivity contribution in [1.82, 2.24) is 15.1 Å². The second-order valence-electron chi connectivity index (χ2n) is 4.95. The Labute approximate surface area is 122 Å². The minimum Gasteiger partial charge on any atom is -0.378 e. The Bertz CT molecular complexity index is 753. The van der Waals surface area contributed by atoms with Crippen LogP contribution in [0.25, 0.3) is 11.5 Å². The third-order valence-electron chi connectivity index (χ3n) is 3.22. The van der Waals surface area contributed by atoms with Crippen molar-refractivity contribution in [3.05, 3.63) is 65.2 Å². The van der Waals surface area contributed by atoms with E-state index < -0.39 is 6.10 Å². The lowest BCUT2D eigenvalue weighted by Crippen LogP contribution is -2.00. The van der Waals surface area contributed by atoms with E-state index in [1.807, 2.05) is 50.2 Å². The highest BCUT2D eigenvalue weighted by atomic mass is 16.5. The van der Waals surface area contributed by atoms with Crippen molar-refractivity contribution in [3.63, 3.8) is 0 Å². The SMILES string of the molecule is Cc1cnc(-c2noc(C(O)c3ccccc3)n2)c(C)c1. The molecule has 0 radical (unpaired) electrons. The van der Waals surface area contributed by atoms with Gasteiger partial charge in [0.05, 0.1) is 0 Å². The minimum atomic E-state index is -0.932. The van der Waals surface area contributed by atoms with Crippen molar-refractivity contribution in [2.75, 3.05) is 0 Å². The van der Waals surface area contributed by atoms with Crippen LogP contribution in [0.1, 0.15) is 28.7 Å². The van der Waals surface area contributed by atoms with Gasteiger partial charge in [-0.1, -0.05) is 41.6 Å². The molecule has 1 N–H and O–H groups in total. The van der Waals surface area contributed by atoms with E-state index in [9.17, 15) is 5.11 Å². The zero-order valence-electron chi connectivity index (χ0n) is 11.8. The number of rotatable bonds is 3. The number of pyridine rings is 1. The summed E-state index contributed by atoms with van der Waals surface area (Å²) in [7, 11) is 0. The lowest BCUT2D eigenvalue weighted by atomic mass is 10.1. The van der Waals surface area contributed by atoms with Crippen LogP contribution in [0.5, 0.6) is 0 Å². The highest BCUT2D eigenvalue weighted by Gasteiger charge is 2.19. The van der Waals surface area contributed by atoms with Crippen LogP contribution in [0.15, 0.2) is 47.1 Å². The molecule has 0 aliphatic rings. The van der Waals surface area contributed by atoms with E-state index in [0.717, 1.165) is 11.1 Å². The van der Waals surface area contributed by atoms with E-state index in [2.05, 4.69) is 15.1 Å². The van der Waals surface area contributed by atoms with Crippen LogP contribution in [0.3, 0.4) is 0 Å². The fourth-order valence-corrected chi connectivity index (χ4v) is 2.17. The largest absolute Gasteiger partial charge is 0.378 e.